The van der Waals surface area contributed by atoms with Crippen molar-refractivity contribution in [2.45, 2.75) is 58.0 Å². The van der Waals surface area contributed by atoms with Gasteiger partial charge in [-0.1, -0.05) is 54.6 Å². The SMILES string of the molecule is CC(C)(C)OC=O.NCc1ccccc1COC1CNCCC1c1ccccc1. The highest BCUT2D eigenvalue weighted by atomic mass is 16.5. The molecule has 2 aromatic carbocycles. The summed E-state index contributed by atoms with van der Waals surface area (Å²) in [5.41, 5.74) is 9.23. The van der Waals surface area contributed by atoms with E-state index in [9.17, 15) is 4.79 Å². The monoisotopic (exact) mass is 398 g/mol. The zero-order chi connectivity index (χ0) is 21.1. The number of piperidine rings is 1. The van der Waals surface area contributed by atoms with Crippen molar-refractivity contribution in [3.8, 4) is 0 Å². The third kappa shape index (κ3) is 7.97. The first kappa shape index (κ1) is 23.1. The molecule has 0 amide bonds. The van der Waals surface area contributed by atoms with Gasteiger partial charge in [0.2, 0.25) is 0 Å². The number of rotatable bonds is 6. The smallest absolute Gasteiger partial charge is 0.293 e. The van der Waals surface area contributed by atoms with Gasteiger partial charge in [0.15, 0.2) is 0 Å². The van der Waals surface area contributed by atoms with Crippen LogP contribution in [0.4, 0.5) is 0 Å². The number of benzene rings is 2. The van der Waals surface area contributed by atoms with Crippen molar-refractivity contribution in [1.29, 1.82) is 0 Å². The zero-order valence-electron chi connectivity index (χ0n) is 17.8. The molecule has 5 nitrogen and oxygen atoms in total. The Balaban J connectivity index is 0.000000370. The van der Waals surface area contributed by atoms with Crippen molar-refractivity contribution < 1.29 is 14.3 Å². The van der Waals surface area contributed by atoms with Crippen LogP contribution in [0.25, 0.3) is 0 Å². The Morgan fingerprint density at radius 2 is 1.72 bits per heavy atom. The summed E-state index contributed by atoms with van der Waals surface area (Å²) in [6.07, 6.45) is 1.33. The fourth-order valence-corrected chi connectivity index (χ4v) is 3.33. The van der Waals surface area contributed by atoms with E-state index in [1.165, 1.54) is 16.7 Å². The quantitative estimate of drug-likeness (QED) is 0.725. The molecule has 1 fully saturated rings. The van der Waals surface area contributed by atoms with Crippen LogP contribution in [0, 0.1) is 0 Å². The summed E-state index contributed by atoms with van der Waals surface area (Å²) in [6, 6.07) is 19.0. The molecule has 1 heterocycles. The predicted octanol–water partition coefficient (Wildman–Crippen LogP) is 3.77. The van der Waals surface area contributed by atoms with Gasteiger partial charge in [-0.25, -0.2) is 0 Å². The molecule has 2 aromatic rings. The molecule has 0 radical (unpaired) electrons. The molecular weight excluding hydrogens is 364 g/mol. The lowest BCUT2D eigenvalue weighted by molar-refractivity contribution is -0.138. The van der Waals surface area contributed by atoms with Gasteiger partial charge >= 0.3 is 0 Å². The molecule has 0 bridgehead atoms. The van der Waals surface area contributed by atoms with Crippen molar-refractivity contribution in [2.24, 2.45) is 5.73 Å². The second-order valence-electron chi connectivity index (χ2n) is 8.16. The van der Waals surface area contributed by atoms with E-state index in [1.54, 1.807) is 0 Å². The Kier molecular flexibility index (Phi) is 9.32. The zero-order valence-corrected chi connectivity index (χ0v) is 17.8. The van der Waals surface area contributed by atoms with Crippen molar-refractivity contribution >= 4 is 6.47 Å². The Bertz CT molecular complexity index is 728. The topological polar surface area (TPSA) is 73.6 Å². The summed E-state index contributed by atoms with van der Waals surface area (Å²) in [7, 11) is 0. The molecule has 158 valence electrons. The lowest BCUT2D eigenvalue weighted by Crippen LogP contribution is -2.41. The largest absolute Gasteiger partial charge is 0.462 e. The molecule has 3 N–H and O–H groups in total. The highest BCUT2D eigenvalue weighted by Gasteiger charge is 2.27. The highest BCUT2D eigenvalue weighted by Crippen LogP contribution is 2.28. The van der Waals surface area contributed by atoms with Gasteiger partial charge in [0.25, 0.3) is 6.47 Å². The summed E-state index contributed by atoms with van der Waals surface area (Å²) >= 11 is 0. The second-order valence-corrected chi connectivity index (χ2v) is 8.16. The van der Waals surface area contributed by atoms with Crippen LogP contribution in [0.2, 0.25) is 0 Å². The van der Waals surface area contributed by atoms with E-state index in [4.69, 9.17) is 10.5 Å². The fourth-order valence-electron chi connectivity index (χ4n) is 3.33. The first-order valence-electron chi connectivity index (χ1n) is 10.2. The van der Waals surface area contributed by atoms with Crippen LogP contribution < -0.4 is 11.1 Å². The normalized spacial score (nSPS) is 19.0. The molecule has 2 atom stereocenters. The number of carbonyl (C=O) groups excluding carboxylic acids is 1. The molecule has 2 unspecified atom stereocenters. The molecule has 1 saturated heterocycles. The first-order chi connectivity index (χ1) is 13.9. The van der Waals surface area contributed by atoms with E-state index in [1.807, 2.05) is 32.9 Å². The Labute approximate surface area is 174 Å². The van der Waals surface area contributed by atoms with E-state index in [-0.39, 0.29) is 11.7 Å². The minimum Gasteiger partial charge on any atom is -0.462 e. The number of nitrogens with one attached hydrogen (secondary N) is 1. The highest BCUT2D eigenvalue weighted by molar-refractivity contribution is 5.37. The number of hydrogen-bond donors (Lipinski definition) is 2. The Morgan fingerprint density at radius 3 is 2.31 bits per heavy atom. The molecule has 29 heavy (non-hydrogen) atoms. The molecule has 0 saturated carbocycles. The van der Waals surface area contributed by atoms with Gasteiger partial charge in [-0.2, -0.15) is 0 Å². The molecule has 1 aliphatic rings. The van der Waals surface area contributed by atoms with Crippen LogP contribution in [0.3, 0.4) is 0 Å². The average Bonchev–Trinajstić information content (AvgIpc) is 2.73. The minimum absolute atomic E-state index is 0.210. The first-order valence-corrected chi connectivity index (χ1v) is 10.2. The summed E-state index contributed by atoms with van der Waals surface area (Å²) in [6.45, 7) is 9.07. The van der Waals surface area contributed by atoms with Crippen LogP contribution in [0.15, 0.2) is 54.6 Å². The molecule has 5 heteroatoms. The molecule has 0 aliphatic carbocycles. The molecule has 0 spiro atoms. The third-order valence-corrected chi connectivity index (χ3v) is 4.85. The van der Waals surface area contributed by atoms with E-state index in [0.29, 0.717) is 25.5 Å². The lowest BCUT2D eigenvalue weighted by atomic mass is 9.88. The summed E-state index contributed by atoms with van der Waals surface area (Å²) < 4.78 is 10.8. The van der Waals surface area contributed by atoms with Crippen LogP contribution in [0.5, 0.6) is 0 Å². The number of ether oxygens (including phenoxy) is 2. The van der Waals surface area contributed by atoms with Crippen LogP contribution in [-0.2, 0) is 27.4 Å². The van der Waals surface area contributed by atoms with Crippen molar-refractivity contribution in [1.82, 2.24) is 5.32 Å². The second kappa shape index (κ2) is 11.7. The van der Waals surface area contributed by atoms with Crippen molar-refractivity contribution in [3.05, 3.63) is 71.3 Å². The number of carbonyl (C=O) groups is 1. The van der Waals surface area contributed by atoms with Crippen LogP contribution >= 0.6 is 0 Å². The van der Waals surface area contributed by atoms with Gasteiger partial charge < -0.3 is 20.5 Å². The van der Waals surface area contributed by atoms with E-state index >= 15 is 0 Å². The van der Waals surface area contributed by atoms with E-state index in [0.717, 1.165) is 19.5 Å². The third-order valence-electron chi connectivity index (χ3n) is 4.85. The minimum atomic E-state index is -0.318. The van der Waals surface area contributed by atoms with Crippen LogP contribution in [-0.4, -0.2) is 31.3 Å². The van der Waals surface area contributed by atoms with Gasteiger partial charge in [-0.3, -0.25) is 4.79 Å². The standard InChI is InChI=1S/C19H24N2O.C5H10O2/c20-12-16-8-4-5-9-17(16)14-22-19-13-21-11-10-18(19)15-6-2-1-3-7-15;1-5(2,3)7-4-6/h1-9,18-19,21H,10-14,20H2;4H,1-3H3. The molecular formula is C24H34N2O3. The van der Waals surface area contributed by atoms with Gasteiger partial charge in [0.1, 0.15) is 5.60 Å². The van der Waals surface area contributed by atoms with Gasteiger partial charge in [0, 0.05) is 19.0 Å². The van der Waals surface area contributed by atoms with Gasteiger partial charge in [-0.05, 0) is 50.4 Å². The predicted molar refractivity (Wildman–Crippen MR) is 116 cm³/mol. The summed E-state index contributed by atoms with van der Waals surface area (Å²) in [4.78, 5) is 9.60. The van der Waals surface area contributed by atoms with Crippen molar-refractivity contribution in [2.75, 3.05) is 13.1 Å². The fraction of sp³-hybridized carbons (Fsp3) is 0.458. The van der Waals surface area contributed by atoms with Crippen molar-refractivity contribution in [3.63, 3.8) is 0 Å². The number of nitrogens with two attached hydrogens (primary N) is 1. The Morgan fingerprint density at radius 1 is 1.07 bits per heavy atom. The average molecular weight is 399 g/mol. The van der Waals surface area contributed by atoms with E-state index < -0.39 is 0 Å². The lowest BCUT2D eigenvalue weighted by Gasteiger charge is -2.32. The number of hydrogen-bond acceptors (Lipinski definition) is 5. The maximum Gasteiger partial charge on any atom is 0.293 e. The maximum atomic E-state index is 9.60. The Hall–Kier alpha value is -2.21. The van der Waals surface area contributed by atoms with Crippen LogP contribution in [0.1, 0.15) is 49.8 Å². The summed E-state index contributed by atoms with van der Waals surface area (Å²) in [5.74, 6) is 0.465. The summed E-state index contributed by atoms with van der Waals surface area (Å²) in [5, 5.41) is 3.45. The van der Waals surface area contributed by atoms with Gasteiger partial charge in [-0.15, -0.1) is 0 Å². The maximum absolute atomic E-state index is 9.60. The molecule has 1 aliphatic heterocycles. The van der Waals surface area contributed by atoms with Gasteiger partial charge in [0.05, 0.1) is 12.7 Å². The molecule has 0 aromatic heterocycles. The van der Waals surface area contributed by atoms with E-state index in [2.05, 4.69) is 52.5 Å². The molecule has 3 rings (SSSR count).